The normalized spacial score (nSPS) is 12.2. The van der Waals surface area contributed by atoms with E-state index in [1.54, 1.807) is 12.1 Å². The maximum absolute atomic E-state index is 12.1. The summed E-state index contributed by atoms with van der Waals surface area (Å²) >= 11 is -1.25. The molecule has 0 atom stereocenters. The van der Waals surface area contributed by atoms with E-state index in [9.17, 15) is 13.2 Å². The molecule has 0 unspecified atom stereocenters. The van der Waals surface area contributed by atoms with Crippen LogP contribution in [0, 0.1) is 0 Å². The number of hydrogen-bond donors (Lipinski definition) is 0. The minimum atomic E-state index is -4.21. The van der Waals surface area contributed by atoms with Crippen molar-refractivity contribution in [3.8, 4) is 0 Å². The van der Waals surface area contributed by atoms with Crippen LogP contribution in [0.4, 0.5) is 13.2 Å². The van der Waals surface area contributed by atoms with E-state index in [0.29, 0.717) is 0 Å². The molecule has 0 saturated heterocycles. The van der Waals surface area contributed by atoms with Gasteiger partial charge in [0.1, 0.15) is 0 Å². The van der Waals surface area contributed by atoms with Crippen molar-refractivity contribution in [1.82, 2.24) is 0 Å². The molecule has 13 heavy (non-hydrogen) atoms. The maximum atomic E-state index is 12.1. The Bertz CT molecular complexity index is 274. The van der Waals surface area contributed by atoms with Crippen molar-refractivity contribution in [1.29, 1.82) is 0 Å². The van der Waals surface area contributed by atoms with Crippen LogP contribution in [0.5, 0.6) is 0 Å². The third-order valence-electron chi connectivity index (χ3n) is 1.65. The molecular weight excluding hydrogens is 293 g/mol. The fraction of sp³-hybridized carbons (Fsp3) is 0.333. The van der Waals surface area contributed by atoms with Gasteiger partial charge in [-0.15, -0.1) is 0 Å². The quantitative estimate of drug-likeness (QED) is 0.700. The number of hydrogen-bond acceptors (Lipinski definition) is 0. The van der Waals surface area contributed by atoms with Crippen LogP contribution >= 0.6 is 0 Å². The second kappa shape index (κ2) is 3.89. The second-order valence-corrected chi connectivity index (χ2v) is 8.84. The van der Waals surface area contributed by atoms with Crippen LogP contribution in [0.25, 0.3) is 0 Å². The van der Waals surface area contributed by atoms with Gasteiger partial charge in [0.15, 0.2) is 0 Å². The molecule has 1 aromatic carbocycles. The Labute approximate surface area is 82.4 Å². The van der Waals surface area contributed by atoms with E-state index in [2.05, 4.69) is 9.94 Å². The first-order chi connectivity index (χ1) is 5.91. The Balaban J connectivity index is 2.94. The zero-order chi connectivity index (χ0) is 10.1. The summed E-state index contributed by atoms with van der Waals surface area (Å²) in [5, 5.41) is 0. The SMILES string of the molecule is C[Te+](C)c1ccc(C(F)(F)F)cc1. The van der Waals surface area contributed by atoms with Gasteiger partial charge in [0, 0.05) is 0 Å². The van der Waals surface area contributed by atoms with E-state index in [1.165, 1.54) is 0 Å². The number of alkyl halides is 3. The number of halogens is 3. The average molecular weight is 303 g/mol. The van der Waals surface area contributed by atoms with E-state index in [0.717, 1.165) is 15.7 Å². The van der Waals surface area contributed by atoms with Crippen LogP contribution in [0.1, 0.15) is 5.56 Å². The molecule has 0 fully saturated rings. The van der Waals surface area contributed by atoms with Crippen LogP contribution in [0.15, 0.2) is 24.3 Å². The first-order valence-corrected chi connectivity index (χ1v) is 9.48. The standard InChI is InChI=1S/C9H10F3Te/c1-13(2)8-5-3-7(4-6-8)9(10,11)12/h3-6H,1-2H3/q+1. The van der Waals surface area contributed by atoms with Gasteiger partial charge in [-0.1, -0.05) is 0 Å². The summed E-state index contributed by atoms with van der Waals surface area (Å²) in [6.45, 7) is 0. The summed E-state index contributed by atoms with van der Waals surface area (Å²) in [6.07, 6.45) is -4.21. The second-order valence-electron chi connectivity index (χ2n) is 2.84. The van der Waals surface area contributed by atoms with Gasteiger partial charge in [-0.25, -0.2) is 0 Å². The van der Waals surface area contributed by atoms with E-state index in [1.807, 2.05) is 0 Å². The van der Waals surface area contributed by atoms with Crippen LogP contribution in [-0.4, -0.2) is 19.6 Å². The molecular formula is C9H10F3Te+. The molecule has 0 saturated carbocycles. The van der Waals surface area contributed by atoms with E-state index in [-0.39, 0.29) is 0 Å². The van der Waals surface area contributed by atoms with Crippen LogP contribution in [0.3, 0.4) is 0 Å². The molecule has 0 N–H and O–H groups in total. The van der Waals surface area contributed by atoms with Gasteiger partial charge in [-0.05, 0) is 0 Å². The van der Waals surface area contributed by atoms with Crippen LogP contribution in [-0.2, 0) is 6.18 Å². The molecule has 0 radical (unpaired) electrons. The van der Waals surface area contributed by atoms with Gasteiger partial charge in [-0.3, -0.25) is 0 Å². The molecule has 0 nitrogen and oxygen atoms in total. The Morgan fingerprint density at radius 2 is 1.46 bits per heavy atom. The Hall–Kier alpha value is -0.200. The van der Waals surface area contributed by atoms with Gasteiger partial charge in [-0.2, -0.15) is 0 Å². The molecule has 0 heterocycles. The molecule has 72 valence electrons. The van der Waals surface area contributed by atoms with Crippen molar-refractivity contribution in [2.75, 3.05) is 0 Å². The Kier molecular flexibility index (Phi) is 3.26. The molecule has 0 spiro atoms. The number of rotatable bonds is 1. The summed E-state index contributed by atoms with van der Waals surface area (Å²) in [6, 6.07) is 5.52. The zero-order valence-electron chi connectivity index (χ0n) is 7.35. The Morgan fingerprint density at radius 1 is 1.00 bits per heavy atom. The van der Waals surface area contributed by atoms with E-state index < -0.39 is 31.3 Å². The van der Waals surface area contributed by atoms with Crippen molar-refractivity contribution in [2.24, 2.45) is 0 Å². The molecule has 4 heteroatoms. The van der Waals surface area contributed by atoms with Crippen LogP contribution < -0.4 is 3.61 Å². The summed E-state index contributed by atoms with van der Waals surface area (Å²) in [5.41, 5.74) is -0.559. The Morgan fingerprint density at radius 3 is 1.77 bits per heavy atom. The molecule has 0 aliphatic rings. The van der Waals surface area contributed by atoms with Gasteiger partial charge in [0.2, 0.25) is 0 Å². The first-order valence-electron chi connectivity index (χ1n) is 3.66. The molecule has 1 rings (SSSR count). The van der Waals surface area contributed by atoms with E-state index in [4.69, 9.17) is 0 Å². The van der Waals surface area contributed by atoms with Crippen molar-refractivity contribution in [3.63, 3.8) is 0 Å². The predicted octanol–water partition coefficient (Wildman–Crippen LogP) is 2.67. The van der Waals surface area contributed by atoms with Gasteiger partial charge < -0.3 is 0 Å². The zero-order valence-corrected chi connectivity index (χ0v) is 9.68. The molecule has 0 aliphatic carbocycles. The molecule has 0 aromatic heterocycles. The topological polar surface area (TPSA) is 0 Å². The fourth-order valence-corrected chi connectivity index (χ4v) is 2.86. The van der Waals surface area contributed by atoms with Crippen molar-refractivity contribution < 1.29 is 13.2 Å². The van der Waals surface area contributed by atoms with E-state index >= 15 is 0 Å². The average Bonchev–Trinajstić information content (AvgIpc) is 2.03. The third kappa shape index (κ3) is 2.89. The predicted molar refractivity (Wildman–Crippen MR) is 48.6 cm³/mol. The summed E-state index contributed by atoms with van der Waals surface area (Å²) in [7, 11) is 0. The summed E-state index contributed by atoms with van der Waals surface area (Å²) < 4.78 is 37.5. The minimum absolute atomic E-state index is 0.559. The summed E-state index contributed by atoms with van der Waals surface area (Å²) in [5.74, 6) is 0. The molecule has 0 amide bonds. The third-order valence-corrected chi connectivity index (χ3v) is 5.12. The number of benzene rings is 1. The molecule has 1 aromatic rings. The van der Waals surface area contributed by atoms with Gasteiger partial charge >= 0.3 is 82.3 Å². The van der Waals surface area contributed by atoms with Gasteiger partial charge in [0.05, 0.1) is 0 Å². The van der Waals surface area contributed by atoms with Gasteiger partial charge in [0.25, 0.3) is 0 Å². The monoisotopic (exact) mass is 305 g/mol. The molecule has 0 bridgehead atoms. The fourth-order valence-electron chi connectivity index (χ4n) is 0.916. The van der Waals surface area contributed by atoms with Crippen LogP contribution in [0.2, 0.25) is 9.94 Å². The molecule has 0 aliphatic heterocycles. The van der Waals surface area contributed by atoms with Crippen molar-refractivity contribution in [2.45, 2.75) is 16.1 Å². The first kappa shape index (κ1) is 10.9. The summed E-state index contributed by atoms with van der Waals surface area (Å²) in [4.78, 5) is 4.23. The van der Waals surface area contributed by atoms with Crippen molar-refractivity contribution in [3.05, 3.63) is 29.8 Å². The van der Waals surface area contributed by atoms with Crippen molar-refractivity contribution >= 4 is 23.2 Å².